The maximum Gasteiger partial charge on any atom is 0.337 e. The molecule has 3 rings (SSSR count). The minimum atomic E-state index is -0.346. The zero-order valence-electron chi connectivity index (χ0n) is 17.6. The Bertz CT molecular complexity index is 876. The summed E-state index contributed by atoms with van der Waals surface area (Å²) in [5.74, 6) is -0.654. The lowest BCUT2D eigenvalue weighted by atomic mass is 10.1. The number of amides is 2. The quantitative estimate of drug-likeness (QED) is 0.763. The summed E-state index contributed by atoms with van der Waals surface area (Å²) < 4.78 is 18.1. The number of hydrogen-bond acceptors (Lipinski definition) is 4. The molecule has 1 aliphatic heterocycles. The molecule has 1 heterocycles. The summed E-state index contributed by atoms with van der Waals surface area (Å²) in [6.07, 6.45) is 0. The molecule has 2 aromatic carbocycles. The normalized spacial score (nSPS) is 19.4. The zero-order chi connectivity index (χ0) is 21.7. The lowest BCUT2D eigenvalue weighted by molar-refractivity contribution is 0.0599. The standard InChI is InChI=1S/C23H28FN3O3/c1-16-13-26(15-18-7-9-20(10-8-18)22(28)30-3)14-17(2)27(16)23(29)25-12-19-5-4-6-21(24)11-19/h4-11,16-17H,12-15H2,1-3H3,(H,25,29)/t16-,17+. The molecule has 0 radical (unpaired) electrons. The predicted octanol–water partition coefficient (Wildman–Crippen LogP) is 3.42. The lowest BCUT2D eigenvalue weighted by Gasteiger charge is -2.44. The number of ether oxygens (including phenoxy) is 1. The largest absolute Gasteiger partial charge is 0.465 e. The van der Waals surface area contributed by atoms with Crippen LogP contribution in [0.2, 0.25) is 0 Å². The van der Waals surface area contributed by atoms with E-state index in [4.69, 9.17) is 4.74 Å². The highest BCUT2D eigenvalue weighted by Crippen LogP contribution is 2.19. The van der Waals surface area contributed by atoms with Crippen LogP contribution >= 0.6 is 0 Å². The number of rotatable bonds is 5. The molecule has 1 saturated heterocycles. The second-order valence-electron chi connectivity index (χ2n) is 7.78. The minimum absolute atomic E-state index is 0.0376. The predicted molar refractivity (Wildman–Crippen MR) is 112 cm³/mol. The second-order valence-corrected chi connectivity index (χ2v) is 7.78. The first-order valence-corrected chi connectivity index (χ1v) is 10.1. The van der Waals surface area contributed by atoms with Crippen LogP contribution in [0.5, 0.6) is 0 Å². The Labute approximate surface area is 176 Å². The van der Waals surface area contributed by atoms with E-state index in [1.165, 1.54) is 19.2 Å². The Morgan fingerprint density at radius 3 is 2.33 bits per heavy atom. The van der Waals surface area contributed by atoms with E-state index in [1.807, 2.05) is 30.9 Å². The van der Waals surface area contributed by atoms with Crippen molar-refractivity contribution in [3.8, 4) is 0 Å². The summed E-state index contributed by atoms with van der Waals surface area (Å²) in [6.45, 7) is 6.60. The van der Waals surface area contributed by atoms with E-state index in [-0.39, 0.29) is 29.9 Å². The fourth-order valence-electron chi connectivity index (χ4n) is 4.00. The van der Waals surface area contributed by atoms with Gasteiger partial charge in [-0.3, -0.25) is 4.90 Å². The number of methoxy groups -OCH3 is 1. The Morgan fingerprint density at radius 1 is 1.07 bits per heavy atom. The molecule has 6 nitrogen and oxygen atoms in total. The highest BCUT2D eigenvalue weighted by atomic mass is 19.1. The number of carbonyl (C=O) groups excluding carboxylic acids is 2. The maximum absolute atomic E-state index is 13.3. The first-order chi connectivity index (χ1) is 14.4. The van der Waals surface area contributed by atoms with Gasteiger partial charge in [-0.15, -0.1) is 0 Å². The molecule has 160 valence electrons. The van der Waals surface area contributed by atoms with Gasteiger partial charge in [0.15, 0.2) is 0 Å². The molecule has 30 heavy (non-hydrogen) atoms. The van der Waals surface area contributed by atoms with Crippen LogP contribution in [0.15, 0.2) is 48.5 Å². The zero-order valence-corrected chi connectivity index (χ0v) is 17.6. The third-order valence-corrected chi connectivity index (χ3v) is 5.34. The molecule has 2 amide bonds. The summed E-state index contributed by atoms with van der Waals surface area (Å²) in [7, 11) is 1.37. The molecule has 0 aliphatic carbocycles. The van der Waals surface area contributed by atoms with E-state index < -0.39 is 0 Å². The number of nitrogens with one attached hydrogen (secondary N) is 1. The molecule has 0 spiro atoms. The topological polar surface area (TPSA) is 61.9 Å². The van der Waals surface area contributed by atoms with Crippen LogP contribution in [0, 0.1) is 5.82 Å². The van der Waals surface area contributed by atoms with E-state index in [2.05, 4.69) is 10.2 Å². The number of halogens is 1. The van der Waals surface area contributed by atoms with E-state index in [0.29, 0.717) is 12.1 Å². The SMILES string of the molecule is COC(=O)c1ccc(CN2C[C@@H](C)N(C(=O)NCc3cccc(F)c3)[C@@H](C)C2)cc1. The van der Waals surface area contributed by atoms with Gasteiger partial charge in [-0.05, 0) is 49.2 Å². The van der Waals surface area contributed by atoms with Crippen LogP contribution in [0.25, 0.3) is 0 Å². The summed E-state index contributed by atoms with van der Waals surface area (Å²) in [4.78, 5) is 28.5. The van der Waals surface area contributed by atoms with Crippen molar-refractivity contribution in [2.24, 2.45) is 0 Å². The fourth-order valence-corrected chi connectivity index (χ4v) is 4.00. The number of hydrogen-bond donors (Lipinski definition) is 1. The van der Waals surface area contributed by atoms with Crippen LogP contribution in [-0.4, -0.2) is 54.1 Å². The van der Waals surface area contributed by atoms with Crippen molar-refractivity contribution in [2.45, 2.75) is 39.0 Å². The smallest absolute Gasteiger partial charge is 0.337 e. The molecule has 0 aromatic heterocycles. The van der Waals surface area contributed by atoms with Crippen molar-refractivity contribution < 1.29 is 18.7 Å². The summed E-state index contributed by atoms with van der Waals surface area (Å²) in [5, 5.41) is 2.90. The highest BCUT2D eigenvalue weighted by Gasteiger charge is 2.32. The van der Waals surface area contributed by atoms with Crippen LogP contribution in [0.4, 0.5) is 9.18 Å². The number of benzene rings is 2. The number of carbonyl (C=O) groups is 2. The molecular formula is C23H28FN3O3. The van der Waals surface area contributed by atoms with Crippen LogP contribution in [-0.2, 0) is 17.8 Å². The Hall–Kier alpha value is -2.93. The molecular weight excluding hydrogens is 385 g/mol. The third-order valence-electron chi connectivity index (χ3n) is 5.34. The molecule has 1 aliphatic rings. The third kappa shape index (κ3) is 5.36. The molecule has 1 N–H and O–H groups in total. The Kier molecular flexibility index (Phi) is 7.05. The maximum atomic E-state index is 13.3. The van der Waals surface area contributed by atoms with Gasteiger partial charge in [-0.1, -0.05) is 24.3 Å². The molecule has 2 atom stereocenters. The monoisotopic (exact) mass is 413 g/mol. The van der Waals surface area contributed by atoms with Gasteiger partial charge in [-0.25, -0.2) is 14.0 Å². The number of nitrogens with zero attached hydrogens (tertiary/aromatic N) is 2. The molecule has 2 aromatic rings. The van der Waals surface area contributed by atoms with Gasteiger partial charge in [0.25, 0.3) is 0 Å². The van der Waals surface area contributed by atoms with Crippen molar-refractivity contribution >= 4 is 12.0 Å². The van der Waals surface area contributed by atoms with E-state index in [0.717, 1.165) is 30.8 Å². The average molecular weight is 413 g/mol. The average Bonchev–Trinajstić information content (AvgIpc) is 2.72. The van der Waals surface area contributed by atoms with Gasteiger partial charge in [0.05, 0.1) is 12.7 Å². The van der Waals surface area contributed by atoms with Gasteiger partial charge in [0.2, 0.25) is 0 Å². The molecule has 7 heteroatoms. The van der Waals surface area contributed by atoms with Crippen LogP contribution in [0.3, 0.4) is 0 Å². The van der Waals surface area contributed by atoms with Crippen LogP contribution < -0.4 is 5.32 Å². The van der Waals surface area contributed by atoms with Gasteiger partial charge >= 0.3 is 12.0 Å². The number of piperazine rings is 1. The molecule has 0 bridgehead atoms. The van der Waals surface area contributed by atoms with Crippen molar-refractivity contribution in [2.75, 3.05) is 20.2 Å². The van der Waals surface area contributed by atoms with Gasteiger partial charge in [0, 0.05) is 38.3 Å². The van der Waals surface area contributed by atoms with Crippen molar-refractivity contribution in [3.05, 3.63) is 71.0 Å². The van der Waals surface area contributed by atoms with E-state index in [1.54, 1.807) is 24.3 Å². The van der Waals surface area contributed by atoms with Crippen molar-refractivity contribution in [3.63, 3.8) is 0 Å². The fraction of sp³-hybridized carbons (Fsp3) is 0.391. The van der Waals surface area contributed by atoms with E-state index >= 15 is 0 Å². The Morgan fingerprint density at radius 2 is 1.73 bits per heavy atom. The van der Waals surface area contributed by atoms with Crippen molar-refractivity contribution in [1.29, 1.82) is 0 Å². The molecule has 1 fully saturated rings. The number of urea groups is 1. The first kappa shape index (κ1) is 21.8. The van der Waals surface area contributed by atoms with Crippen LogP contribution in [0.1, 0.15) is 35.3 Å². The number of esters is 1. The first-order valence-electron chi connectivity index (χ1n) is 10.1. The highest BCUT2D eigenvalue weighted by molar-refractivity contribution is 5.89. The van der Waals surface area contributed by atoms with Crippen molar-refractivity contribution in [1.82, 2.24) is 15.1 Å². The summed E-state index contributed by atoms with van der Waals surface area (Å²) in [5.41, 5.74) is 2.37. The van der Waals surface area contributed by atoms with Gasteiger partial charge < -0.3 is 15.0 Å². The lowest BCUT2D eigenvalue weighted by Crippen LogP contribution is -2.60. The Balaban J connectivity index is 1.55. The summed E-state index contributed by atoms with van der Waals surface area (Å²) >= 11 is 0. The second kappa shape index (κ2) is 9.71. The van der Waals surface area contributed by atoms with Gasteiger partial charge in [-0.2, -0.15) is 0 Å². The minimum Gasteiger partial charge on any atom is -0.465 e. The summed E-state index contributed by atoms with van der Waals surface area (Å²) in [6, 6.07) is 13.6. The van der Waals surface area contributed by atoms with Gasteiger partial charge in [0.1, 0.15) is 5.82 Å². The van der Waals surface area contributed by atoms with E-state index in [9.17, 15) is 14.0 Å². The molecule has 0 saturated carbocycles. The molecule has 0 unspecified atom stereocenters.